The average Bonchev–Trinajstić information content (AvgIpc) is 1.94. The first-order valence-corrected chi connectivity index (χ1v) is 4.57. The van der Waals surface area contributed by atoms with E-state index in [1.165, 1.54) is 6.42 Å². The maximum atomic E-state index is 5.30. The minimum Gasteiger partial charge on any atom is -0.480 e. The van der Waals surface area contributed by atoms with E-state index in [1.807, 2.05) is 6.92 Å². The molecule has 0 fully saturated rings. The monoisotopic (exact) mass is 205 g/mol. The molecule has 0 amide bonds. The molecule has 0 radical (unpaired) electrons. The zero-order valence-electron chi connectivity index (χ0n) is 6.14. The van der Waals surface area contributed by atoms with Gasteiger partial charge in [0.25, 0.3) is 0 Å². The molecule has 1 rings (SSSR count). The number of hydrogen-bond acceptors (Lipinski definition) is 2. The second kappa shape index (κ2) is 3.96. The van der Waals surface area contributed by atoms with E-state index >= 15 is 0 Å². The van der Waals surface area contributed by atoms with Gasteiger partial charge in [-0.25, -0.2) is 0 Å². The van der Waals surface area contributed by atoms with Gasteiger partial charge in [0.05, 0.1) is 11.4 Å². The van der Waals surface area contributed by atoms with Crippen LogP contribution in [-0.4, -0.2) is 23.9 Å². The molecule has 2 nitrogen and oxygen atoms in total. The van der Waals surface area contributed by atoms with Crippen LogP contribution in [0, 0.1) is 0 Å². The van der Waals surface area contributed by atoms with Gasteiger partial charge in [0.1, 0.15) is 0 Å². The summed E-state index contributed by atoms with van der Waals surface area (Å²) in [5.41, 5.74) is 0. The fraction of sp³-hybridized carbons (Fsp3) is 0.857. The summed E-state index contributed by atoms with van der Waals surface area (Å²) in [6.45, 7) is 3.63. The lowest BCUT2D eigenvalue weighted by Crippen LogP contribution is -2.22. The highest BCUT2D eigenvalue weighted by molar-refractivity contribution is 9.10. The SMILES string of the molecule is CCOC1=NCCC[C@H]1Br. The zero-order valence-corrected chi connectivity index (χ0v) is 7.73. The first-order chi connectivity index (χ1) is 4.84. The van der Waals surface area contributed by atoms with E-state index in [9.17, 15) is 0 Å². The highest BCUT2D eigenvalue weighted by atomic mass is 79.9. The van der Waals surface area contributed by atoms with Gasteiger partial charge in [0.15, 0.2) is 5.90 Å². The van der Waals surface area contributed by atoms with Crippen LogP contribution >= 0.6 is 15.9 Å². The summed E-state index contributed by atoms with van der Waals surface area (Å²) >= 11 is 3.50. The van der Waals surface area contributed by atoms with Crippen LogP contribution < -0.4 is 0 Å². The number of aliphatic imine (C=N–C) groups is 1. The standard InChI is InChI=1S/C7H12BrNO/c1-2-10-7-6(8)4-3-5-9-7/h6H,2-5H2,1H3/t6-/m1/s1. The summed E-state index contributed by atoms with van der Waals surface area (Å²) in [5.74, 6) is 0.883. The predicted octanol–water partition coefficient (Wildman–Crippen LogP) is 1.98. The number of alkyl halides is 1. The third-order valence-corrected chi connectivity index (χ3v) is 2.29. The molecule has 1 heterocycles. The van der Waals surface area contributed by atoms with E-state index in [1.54, 1.807) is 0 Å². The number of hydrogen-bond donors (Lipinski definition) is 0. The van der Waals surface area contributed by atoms with Gasteiger partial charge >= 0.3 is 0 Å². The Kier molecular flexibility index (Phi) is 3.19. The highest BCUT2D eigenvalue weighted by Crippen LogP contribution is 2.15. The molecular weight excluding hydrogens is 194 g/mol. The van der Waals surface area contributed by atoms with Crippen LogP contribution in [-0.2, 0) is 4.74 Å². The Balaban J connectivity index is 2.44. The van der Waals surface area contributed by atoms with Crippen molar-refractivity contribution in [1.82, 2.24) is 0 Å². The second-order valence-electron chi connectivity index (χ2n) is 2.26. The van der Waals surface area contributed by atoms with Crippen LogP contribution in [0.3, 0.4) is 0 Å². The summed E-state index contributed by atoms with van der Waals surface area (Å²) in [6.07, 6.45) is 2.32. The Morgan fingerprint density at radius 2 is 2.60 bits per heavy atom. The molecule has 0 aromatic rings. The molecule has 1 atom stereocenters. The second-order valence-corrected chi connectivity index (χ2v) is 3.37. The third kappa shape index (κ3) is 1.97. The summed E-state index contributed by atoms with van der Waals surface area (Å²) in [7, 11) is 0. The normalized spacial score (nSPS) is 25.8. The molecule has 0 N–H and O–H groups in total. The van der Waals surface area contributed by atoms with Crippen molar-refractivity contribution in [3.8, 4) is 0 Å². The lowest BCUT2D eigenvalue weighted by molar-refractivity contribution is 0.312. The molecule has 0 aromatic carbocycles. The number of halogens is 1. The van der Waals surface area contributed by atoms with E-state index in [-0.39, 0.29) is 0 Å². The maximum absolute atomic E-state index is 5.30. The Hall–Kier alpha value is -0.0500. The van der Waals surface area contributed by atoms with Gasteiger partial charge in [-0.2, -0.15) is 0 Å². The van der Waals surface area contributed by atoms with E-state index in [0.29, 0.717) is 4.83 Å². The Bertz CT molecular complexity index is 136. The Morgan fingerprint density at radius 1 is 1.80 bits per heavy atom. The molecule has 1 aliphatic heterocycles. The molecule has 0 aromatic heterocycles. The molecule has 0 spiro atoms. The number of nitrogens with zero attached hydrogens (tertiary/aromatic N) is 1. The maximum Gasteiger partial charge on any atom is 0.197 e. The first kappa shape index (κ1) is 8.05. The lowest BCUT2D eigenvalue weighted by Gasteiger charge is -2.16. The van der Waals surface area contributed by atoms with Crippen molar-refractivity contribution in [2.45, 2.75) is 24.6 Å². The van der Waals surface area contributed by atoms with Gasteiger partial charge < -0.3 is 4.74 Å². The van der Waals surface area contributed by atoms with Crippen molar-refractivity contribution >= 4 is 21.8 Å². The fourth-order valence-electron chi connectivity index (χ4n) is 0.966. The van der Waals surface area contributed by atoms with Gasteiger partial charge in [-0.3, -0.25) is 4.99 Å². The predicted molar refractivity (Wildman–Crippen MR) is 45.9 cm³/mol. The number of rotatable bonds is 1. The van der Waals surface area contributed by atoms with Gasteiger partial charge in [0.2, 0.25) is 0 Å². The van der Waals surface area contributed by atoms with Gasteiger partial charge in [-0.15, -0.1) is 0 Å². The smallest absolute Gasteiger partial charge is 0.197 e. The Morgan fingerprint density at radius 3 is 3.20 bits per heavy atom. The molecule has 0 saturated heterocycles. The molecule has 1 aliphatic rings. The largest absolute Gasteiger partial charge is 0.480 e. The van der Waals surface area contributed by atoms with Crippen LogP contribution in [0.1, 0.15) is 19.8 Å². The molecule has 0 saturated carbocycles. The molecular formula is C7H12BrNO. The van der Waals surface area contributed by atoms with Crippen molar-refractivity contribution in [2.75, 3.05) is 13.2 Å². The van der Waals surface area contributed by atoms with Gasteiger partial charge in [-0.1, -0.05) is 15.9 Å². The summed E-state index contributed by atoms with van der Waals surface area (Å²) in [6, 6.07) is 0. The highest BCUT2D eigenvalue weighted by Gasteiger charge is 2.16. The summed E-state index contributed by atoms with van der Waals surface area (Å²) < 4.78 is 5.30. The van der Waals surface area contributed by atoms with Crippen molar-refractivity contribution in [2.24, 2.45) is 4.99 Å². The lowest BCUT2D eigenvalue weighted by atomic mass is 10.2. The molecule has 10 heavy (non-hydrogen) atoms. The quantitative estimate of drug-likeness (QED) is 0.601. The van der Waals surface area contributed by atoms with E-state index in [4.69, 9.17) is 4.74 Å². The van der Waals surface area contributed by atoms with E-state index < -0.39 is 0 Å². The van der Waals surface area contributed by atoms with E-state index in [2.05, 4.69) is 20.9 Å². The zero-order chi connectivity index (χ0) is 7.40. The van der Waals surface area contributed by atoms with Crippen LogP contribution in [0.5, 0.6) is 0 Å². The van der Waals surface area contributed by atoms with Gasteiger partial charge in [0, 0.05) is 6.54 Å². The molecule has 3 heteroatoms. The van der Waals surface area contributed by atoms with Crippen LogP contribution in [0.15, 0.2) is 4.99 Å². The summed E-state index contributed by atoms with van der Waals surface area (Å²) in [4.78, 5) is 4.61. The minimum atomic E-state index is 0.362. The molecule has 0 aliphatic carbocycles. The molecule has 0 unspecified atom stereocenters. The first-order valence-electron chi connectivity index (χ1n) is 3.65. The van der Waals surface area contributed by atoms with Crippen molar-refractivity contribution in [3.63, 3.8) is 0 Å². The Labute approximate surface area is 69.8 Å². The molecule has 0 bridgehead atoms. The fourth-order valence-corrected chi connectivity index (χ4v) is 1.57. The van der Waals surface area contributed by atoms with Crippen LogP contribution in [0.2, 0.25) is 0 Å². The molecule has 58 valence electrons. The van der Waals surface area contributed by atoms with E-state index in [0.717, 1.165) is 25.5 Å². The van der Waals surface area contributed by atoms with Crippen molar-refractivity contribution in [3.05, 3.63) is 0 Å². The van der Waals surface area contributed by atoms with Crippen molar-refractivity contribution < 1.29 is 4.74 Å². The third-order valence-electron chi connectivity index (χ3n) is 1.44. The van der Waals surface area contributed by atoms with Crippen LogP contribution in [0.4, 0.5) is 0 Å². The van der Waals surface area contributed by atoms with Crippen LogP contribution in [0.25, 0.3) is 0 Å². The number of ether oxygens (including phenoxy) is 1. The topological polar surface area (TPSA) is 21.6 Å². The summed E-state index contributed by atoms with van der Waals surface area (Å²) in [5, 5.41) is 0. The van der Waals surface area contributed by atoms with Crippen molar-refractivity contribution in [1.29, 1.82) is 0 Å². The average molecular weight is 206 g/mol. The van der Waals surface area contributed by atoms with Gasteiger partial charge in [-0.05, 0) is 19.8 Å². The minimum absolute atomic E-state index is 0.362.